The zero-order chi connectivity index (χ0) is 13.1. The standard InChI is InChI=1S/C12H13BrN4O/c1-16-7-6-14-10(16)8-17(2)12(18)11-9(13)4-3-5-15-11/h3-7H,8H2,1-2H3. The summed E-state index contributed by atoms with van der Waals surface area (Å²) in [6, 6.07) is 3.58. The number of hydrogen-bond donors (Lipinski definition) is 0. The van der Waals surface area contributed by atoms with Crippen LogP contribution in [0.1, 0.15) is 16.3 Å². The van der Waals surface area contributed by atoms with Gasteiger partial charge in [0.05, 0.1) is 6.54 Å². The van der Waals surface area contributed by atoms with E-state index in [1.54, 1.807) is 36.5 Å². The quantitative estimate of drug-likeness (QED) is 0.869. The second-order valence-corrected chi connectivity index (χ2v) is 4.80. The van der Waals surface area contributed by atoms with E-state index in [2.05, 4.69) is 25.9 Å². The molecule has 0 aliphatic heterocycles. The average Bonchev–Trinajstić information content (AvgIpc) is 2.75. The Labute approximate surface area is 114 Å². The van der Waals surface area contributed by atoms with E-state index in [-0.39, 0.29) is 5.91 Å². The molecule has 2 aromatic heterocycles. The maximum Gasteiger partial charge on any atom is 0.273 e. The van der Waals surface area contributed by atoms with Gasteiger partial charge in [0.1, 0.15) is 11.5 Å². The summed E-state index contributed by atoms with van der Waals surface area (Å²) in [6.45, 7) is 0.450. The minimum atomic E-state index is -0.134. The van der Waals surface area contributed by atoms with Crippen LogP contribution in [0.5, 0.6) is 0 Å². The molecule has 0 saturated carbocycles. The molecule has 2 rings (SSSR count). The molecular formula is C12H13BrN4O. The highest BCUT2D eigenvalue weighted by Crippen LogP contribution is 2.15. The largest absolute Gasteiger partial charge is 0.337 e. The number of carbonyl (C=O) groups excluding carboxylic acids is 1. The molecule has 0 aromatic carbocycles. The van der Waals surface area contributed by atoms with Gasteiger partial charge in [0.15, 0.2) is 0 Å². The molecule has 18 heavy (non-hydrogen) atoms. The lowest BCUT2D eigenvalue weighted by molar-refractivity contribution is 0.0773. The van der Waals surface area contributed by atoms with Crippen molar-refractivity contribution in [2.75, 3.05) is 7.05 Å². The first-order chi connectivity index (χ1) is 8.59. The van der Waals surface area contributed by atoms with Gasteiger partial charge in [0.2, 0.25) is 0 Å². The first-order valence-electron chi connectivity index (χ1n) is 5.42. The van der Waals surface area contributed by atoms with Crippen molar-refractivity contribution in [1.82, 2.24) is 19.4 Å². The van der Waals surface area contributed by atoms with Gasteiger partial charge < -0.3 is 9.47 Å². The van der Waals surface area contributed by atoms with E-state index in [0.717, 1.165) is 5.82 Å². The molecule has 0 aliphatic rings. The lowest BCUT2D eigenvalue weighted by Crippen LogP contribution is -2.28. The smallest absolute Gasteiger partial charge is 0.273 e. The van der Waals surface area contributed by atoms with Crippen molar-refractivity contribution < 1.29 is 4.79 Å². The van der Waals surface area contributed by atoms with Crippen LogP contribution >= 0.6 is 15.9 Å². The van der Waals surface area contributed by atoms with Crippen LogP contribution in [-0.4, -0.2) is 32.4 Å². The van der Waals surface area contributed by atoms with E-state index < -0.39 is 0 Å². The van der Waals surface area contributed by atoms with Crippen molar-refractivity contribution in [3.05, 3.63) is 46.7 Å². The van der Waals surface area contributed by atoms with Crippen LogP contribution in [0.25, 0.3) is 0 Å². The lowest BCUT2D eigenvalue weighted by atomic mass is 10.3. The van der Waals surface area contributed by atoms with Crippen LogP contribution in [-0.2, 0) is 13.6 Å². The zero-order valence-corrected chi connectivity index (χ0v) is 11.8. The highest BCUT2D eigenvalue weighted by molar-refractivity contribution is 9.10. The molecule has 0 radical (unpaired) electrons. The molecule has 0 aliphatic carbocycles. The fourth-order valence-electron chi connectivity index (χ4n) is 1.56. The van der Waals surface area contributed by atoms with Crippen molar-refractivity contribution in [3.8, 4) is 0 Å². The summed E-state index contributed by atoms with van der Waals surface area (Å²) < 4.78 is 2.58. The van der Waals surface area contributed by atoms with Crippen LogP contribution in [0.2, 0.25) is 0 Å². The second kappa shape index (κ2) is 5.30. The summed E-state index contributed by atoms with van der Waals surface area (Å²) in [4.78, 5) is 22.1. The average molecular weight is 309 g/mol. The first kappa shape index (κ1) is 12.8. The molecule has 2 heterocycles. The van der Waals surface area contributed by atoms with Gasteiger partial charge in [-0.3, -0.25) is 4.79 Å². The lowest BCUT2D eigenvalue weighted by Gasteiger charge is -2.16. The number of imidazole rings is 1. The van der Waals surface area contributed by atoms with Gasteiger partial charge in [-0.05, 0) is 28.1 Å². The summed E-state index contributed by atoms with van der Waals surface area (Å²) >= 11 is 3.33. The number of hydrogen-bond acceptors (Lipinski definition) is 3. The Bertz CT molecular complexity index is 567. The summed E-state index contributed by atoms with van der Waals surface area (Å²) in [5.74, 6) is 0.698. The van der Waals surface area contributed by atoms with Crippen LogP contribution in [0.15, 0.2) is 35.2 Å². The fraction of sp³-hybridized carbons (Fsp3) is 0.250. The van der Waals surface area contributed by atoms with Crippen molar-refractivity contribution in [3.63, 3.8) is 0 Å². The molecule has 1 amide bonds. The minimum Gasteiger partial charge on any atom is -0.337 e. The molecule has 5 nitrogen and oxygen atoms in total. The van der Waals surface area contributed by atoms with Gasteiger partial charge >= 0.3 is 0 Å². The number of halogens is 1. The van der Waals surface area contributed by atoms with E-state index in [1.165, 1.54) is 0 Å². The topological polar surface area (TPSA) is 51.0 Å². The summed E-state index contributed by atoms with van der Waals surface area (Å²) in [7, 11) is 3.63. The molecule has 0 unspecified atom stereocenters. The SMILES string of the molecule is CN(Cc1nccn1C)C(=O)c1ncccc1Br. The zero-order valence-electron chi connectivity index (χ0n) is 10.2. The van der Waals surface area contributed by atoms with E-state index in [9.17, 15) is 4.79 Å². The van der Waals surface area contributed by atoms with E-state index >= 15 is 0 Å². The Morgan fingerprint density at radius 1 is 1.44 bits per heavy atom. The van der Waals surface area contributed by atoms with Gasteiger partial charge in [-0.1, -0.05) is 0 Å². The Morgan fingerprint density at radius 3 is 2.83 bits per heavy atom. The maximum absolute atomic E-state index is 12.2. The second-order valence-electron chi connectivity index (χ2n) is 3.95. The van der Waals surface area contributed by atoms with Crippen LogP contribution in [0.4, 0.5) is 0 Å². The third kappa shape index (κ3) is 2.59. The number of rotatable bonds is 3. The Morgan fingerprint density at radius 2 is 2.22 bits per heavy atom. The van der Waals surface area contributed by atoms with Gasteiger partial charge in [-0.2, -0.15) is 0 Å². The highest BCUT2D eigenvalue weighted by atomic mass is 79.9. The minimum absolute atomic E-state index is 0.134. The third-order valence-electron chi connectivity index (χ3n) is 2.61. The molecule has 0 spiro atoms. The molecule has 94 valence electrons. The Hall–Kier alpha value is -1.69. The molecule has 0 fully saturated rings. The van der Waals surface area contributed by atoms with Crippen LogP contribution < -0.4 is 0 Å². The predicted molar refractivity (Wildman–Crippen MR) is 70.9 cm³/mol. The van der Waals surface area contributed by atoms with E-state index in [4.69, 9.17) is 0 Å². The Kier molecular flexibility index (Phi) is 3.76. The van der Waals surface area contributed by atoms with Gasteiger partial charge in [0.25, 0.3) is 5.91 Å². The summed E-state index contributed by atoms with van der Waals surface area (Å²) in [5, 5.41) is 0. The molecule has 2 aromatic rings. The van der Waals surface area contributed by atoms with Gasteiger partial charge in [0, 0.05) is 37.2 Å². The van der Waals surface area contributed by atoms with Crippen LogP contribution in [0, 0.1) is 0 Å². The number of carbonyl (C=O) groups is 1. The molecule has 6 heteroatoms. The van der Waals surface area contributed by atoms with Crippen LogP contribution in [0.3, 0.4) is 0 Å². The molecule has 0 N–H and O–H groups in total. The maximum atomic E-state index is 12.2. The monoisotopic (exact) mass is 308 g/mol. The number of aromatic nitrogens is 3. The van der Waals surface area contributed by atoms with Crippen molar-refractivity contribution in [1.29, 1.82) is 0 Å². The van der Waals surface area contributed by atoms with E-state index in [1.807, 2.05) is 17.8 Å². The van der Waals surface area contributed by atoms with Gasteiger partial charge in [-0.25, -0.2) is 9.97 Å². The number of nitrogens with zero attached hydrogens (tertiary/aromatic N) is 4. The molecular weight excluding hydrogens is 296 g/mol. The van der Waals surface area contributed by atoms with E-state index in [0.29, 0.717) is 16.7 Å². The third-order valence-corrected chi connectivity index (χ3v) is 3.25. The summed E-state index contributed by atoms with van der Waals surface area (Å²) in [5.41, 5.74) is 0.411. The molecule has 0 bridgehead atoms. The van der Waals surface area contributed by atoms with Gasteiger partial charge in [-0.15, -0.1) is 0 Å². The molecule has 0 atom stereocenters. The highest BCUT2D eigenvalue weighted by Gasteiger charge is 2.17. The normalized spacial score (nSPS) is 10.4. The predicted octanol–water partition coefficient (Wildman–Crippen LogP) is 1.85. The number of aryl methyl sites for hydroxylation is 1. The molecule has 0 saturated heterocycles. The fourth-order valence-corrected chi connectivity index (χ4v) is 1.98. The summed E-state index contributed by atoms with van der Waals surface area (Å²) in [6.07, 6.45) is 5.17. The Balaban J connectivity index is 2.15. The van der Waals surface area contributed by atoms with Crippen molar-refractivity contribution >= 4 is 21.8 Å². The van der Waals surface area contributed by atoms with Crippen molar-refractivity contribution in [2.24, 2.45) is 7.05 Å². The number of pyridine rings is 1. The van der Waals surface area contributed by atoms with Crippen molar-refractivity contribution in [2.45, 2.75) is 6.54 Å². The number of amides is 1. The first-order valence-corrected chi connectivity index (χ1v) is 6.21.